The summed E-state index contributed by atoms with van der Waals surface area (Å²) >= 11 is 5.82. The van der Waals surface area contributed by atoms with E-state index >= 15 is 0 Å². The van der Waals surface area contributed by atoms with Crippen molar-refractivity contribution in [1.29, 1.82) is 0 Å². The quantitative estimate of drug-likeness (QED) is 0.648. The van der Waals surface area contributed by atoms with Crippen LogP contribution in [0.1, 0.15) is 23.9 Å². The van der Waals surface area contributed by atoms with Crippen LogP contribution in [0.3, 0.4) is 0 Å². The van der Waals surface area contributed by atoms with Crippen molar-refractivity contribution in [3.05, 3.63) is 16.4 Å². The number of aromatic nitrogens is 2. The average Bonchev–Trinajstić information content (AvgIpc) is 2.42. The van der Waals surface area contributed by atoms with Crippen LogP contribution < -0.4 is 10.2 Å². The number of aliphatic carboxylic acids is 2. The van der Waals surface area contributed by atoms with E-state index in [4.69, 9.17) is 11.6 Å². The van der Waals surface area contributed by atoms with Gasteiger partial charge in [-0.25, -0.2) is 0 Å². The van der Waals surface area contributed by atoms with E-state index in [1.807, 2.05) is 0 Å². The maximum atomic E-state index is 10.8. The van der Waals surface area contributed by atoms with Crippen molar-refractivity contribution in [1.82, 2.24) is 9.78 Å². The van der Waals surface area contributed by atoms with E-state index in [9.17, 15) is 19.8 Å². The molecule has 0 amide bonds. The summed E-state index contributed by atoms with van der Waals surface area (Å²) in [6.07, 6.45) is -0.708. The Labute approximate surface area is 96.4 Å². The normalized spacial score (nSPS) is 12.4. The number of carboxylic acid groups (broad SMARTS) is 2. The van der Waals surface area contributed by atoms with Crippen molar-refractivity contribution in [3.8, 4) is 0 Å². The SMILES string of the molecule is Cc1nn([C@H](CC(=O)[O-])C(=O)[O-])c(C)c1Cl. The summed E-state index contributed by atoms with van der Waals surface area (Å²) in [5, 5.41) is 25.4. The average molecular weight is 245 g/mol. The monoisotopic (exact) mass is 244 g/mol. The van der Waals surface area contributed by atoms with Crippen molar-refractivity contribution < 1.29 is 19.8 Å². The van der Waals surface area contributed by atoms with Gasteiger partial charge in [-0.05, 0) is 13.8 Å². The Morgan fingerprint density at radius 1 is 1.44 bits per heavy atom. The lowest BCUT2D eigenvalue weighted by molar-refractivity contribution is -0.319. The van der Waals surface area contributed by atoms with E-state index in [2.05, 4.69) is 5.10 Å². The number of hydrogen-bond acceptors (Lipinski definition) is 5. The number of hydrogen-bond donors (Lipinski definition) is 0. The van der Waals surface area contributed by atoms with Gasteiger partial charge in [-0.15, -0.1) is 0 Å². The third-order valence-electron chi connectivity index (χ3n) is 2.16. The second-order valence-electron chi connectivity index (χ2n) is 3.34. The second kappa shape index (κ2) is 4.52. The zero-order valence-corrected chi connectivity index (χ0v) is 9.45. The molecular formula is C9H9ClN2O4-2. The highest BCUT2D eigenvalue weighted by Gasteiger charge is 2.19. The Hall–Kier alpha value is -1.56. The van der Waals surface area contributed by atoms with Gasteiger partial charge < -0.3 is 19.8 Å². The fourth-order valence-corrected chi connectivity index (χ4v) is 1.50. The van der Waals surface area contributed by atoms with Gasteiger partial charge in [0.05, 0.1) is 28.4 Å². The number of nitrogens with zero attached hydrogens (tertiary/aromatic N) is 2. The molecule has 0 saturated carbocycles. The first-order chi connectivity index (χ1) is 7.34. The maximum absolute atomic E-state index is 10.8. The van der Waals surface area contributed by atoms with Gasteiger partial charge >= 0.3 is 0 Å². The van der Waals surface area contributed by atoms with Crippen LogP contribution in [0.4, 0.5) is 0 Å². The summed E-state index contributed by atoms with van der Waals surface area (Å²) in [4.78, 5) is 21.2. The molecule has 0 spiro atoms. The van der Waals surface area contributed by atoms with Crippen LogP contribution >= 0.6 is 11.6 Å². The highest BCUT2D eigenvalue weighted by Crippen LogP contribution is 2.23. The molecule has 0 aliphatic heterocycles. The molecule has 0 aliphatic rings. The molecule has 88 valence electrons. The molecule has 0 aromatic carbocycles. The largest absolute Gasteiger partial charge is 0.550 e. The summed E-state index contributed by atoms with van der Waals surface area (Å²) < 4.78 is 1.03. The first kappa shape index (κ1) is 12.5. The summed E-state index contributed by atoms with van der Waals surface area (Å²) in [7, 11) is 0. The third kappa shape index (κ3) is 2.33. The highest BCUT2D eigenvalue weighted by atomic mass is 35.5. The Balaban J connectivity index is 3.16. The lowest BCUT2D eigenvalue weighted by atomic mass is 10.2. The van der Waals surface area contributed by atoms with Crippen molar-refractivity contribution in [2.75, 3.05) is 0 Å². The third-order valence-corrected chi connectivity index (χ3v) is 2.71. The van der Waals surface area contributed by atoms with Gasteiger partial charge in [0.1, 0.15) is 0 Å². The standard InChI is InChI=1S/C9H11ClN2O4/c1-4-8(10)5(2)12(11-4)6(9(15)16)3-7(13)14/h6H,3H2,1-2H3,(H,13,14)(H,15,16)/p-2/t6-/m1/s1. The molecule has 7 heteroatoms. The van der Waals surface area contributed by atoms with E-state index in [1.54, 1.807) is 13.8 Å². The smallest absolute Gasteiger partial charge is 0.0968 e. The van der Waals surface area contributed by atoms with E-state index in [1.165, 1.54) is 0 Å². The predicted octanol–water partition coefficient (Wildman–Crippen LogP) is -1.42. The predicted molar refractivity (Wildman–Crippen MR) is 50.4 cm³/mol. The van der Waals surface area contributed by atoms with Crippen LogP contribution in [0.2, 0.25) is 5.02 Å². The Kier molecular flexibility index (Phi) is 3.54. The van der Waals surface area contributed by atoms with Gasteiger partial charge in [-0.1, -0.05) is 11.6 Å². The molecule has 0 aliphatic carbocycles. The molecule has 0 N–H and O–H groups in total. The molecule has 1 heterocycles. The first-order valence-electron chi connectivity index (χ1n) is 4.46. The number of carbonyl (C=O) groups is 2. The fraction of sp³-hybridized carbons (Fsp3) is 0.444. The molecule has 16 heavy (non-hydrogen) atoms. The van der Waals surface area contributed by atoms with Crippen molar-refractivity contribution >= 4 is 23.5 Å². The topological polar surface area (TPSA) is 98.1 Å². The molecule has 1 atom stereocenters. The summed E-state index contributed by atoms with van der Waals surface area (Å²) in [5.74, 6) is -3.02. The Morgan fingerprint density at radius 3 is 2.31 bits per heavy atom. The molecular weight excluding hydrogens is 236 g/mol. The summed E-state index contributed by atoms with van der Waals surface area (Å²) in [5.41, 5.74) is 0.818. The molecule has 6 nitrogen and oxygen atoms in total. The van der Waals surface area contributed by atoms with Gasteiger partial charge in [-0.2, -0.15) is 5.10 Å². The number of rotatable bonds is 4. The zero-order valence-electron chi connectivity index (χ0n) is 8.69. The number of halogens is 1. The van der Waals surface area contributed by atoms with Crippen LogP contribution in [0, 0.1) is 13.8 Å². The van der Waals surface area contributed by atoms with Crippen LogP contribution in [0.15, 0.2) is 0 Å². The van der Waals surface area contributed by atoms with Crippen molar-refractivity contribution in [2.24, 2.45) is 0 Å². The Morgan fingerprint density at radius 2 is 2.00 bits per heavy atom. The lowest BCUT2D eigenvalue weighted by Gasteiger charge is -2.20. The number of aryl methyl sites for hydroxylation is 1. The zero-order chi connectivity index (χ0) is 12.5. The van der Waals surface area contributed by atoms with E-state index < -0.39 is 24.4 Å². The number of carboxylic acids is 2. The molecule has 0 radical (unpaired) electrons. The maximum Gasteiger partial charge on any atom is 0.0968 e. The summed E-state index contributed by atoms with van der Waals surface area (Å²) in [6, 6.07) is -1.41. The first-order valence-corrected chi connectivity index (χ1v) is 4.84. The van der Waals surface area contributed by atoms with Crippen LogP contribution in [0.25, 0.3) is 0 Å². The van der Waals surface area contributed by atoms with Crippen LogP contribution in [-0.4, -0.2) is 21.7 Å². The van der Waals surface area contributed by atoms with E-state index in [0.29, 0.717) is 16.4 Å². The highest BCUT2D eigenvalue weighted by molar-refractivity contribution is 6.31. The Bertz CT molecular complexity index is 441. The van der Waals surface area contributed by atoms with Crippen LogP contribution in [0.5, 0.6) is 0 Å². The van der Waals surface area contributed by atoms with Gasteiger partial charge in [0.15, 0.2) is 0 Å². The van der Waals surface area contributed by atoms with Gasteiger partial charge in [-0.3, -0.25) is 4.68 Å². The van der Waals surface area contributed by atoms with Crippen molar-refractivity contribution in [2.45, 2.75) is 26.3 Å². The van der Waals surface area contributed by atoms with E-state index in [0.717, 1.165) is 4.68 Å². The van der Waals surface area contributed by atoms with Gasteiger partial charge in [0.25, 0.3) is 0 Å². The van der Waals surface area contributed by atoms with Crippen LogP contribution in [-0.2, 0) is 9.59 Å². The van der Waals surface area contributed by atoms with Gasteiger partial charge in [0, 0.05) is 12.4 Å². The van der Waals surface area contributed by atoms with E-state index in [-0.39, 0.29) is 0 Å². The molecule has 0 unspecified atom stereocenters. The second-order valence-corrected chi connectivity index (χ2v) is 3.72. The van der Waals surface area contributed by atoms with Gasteiger partial charge in [0.2, 0.25) is 0 Å². The molecule has 1 aromatic heterocycles. The lowest BCUT2D eigenvalue weighted by Crippen LogP contribution is -2.38. The number of carbonyl (C=O) groups excluding carboxylic acids is 2. The molecule has 0 bridgehead atoms. The molecule has 0 saturated heterocycles. The molecule has 1 aromatic rings. The molecule has 0 fully saturated rings. The summed E-state index contributed by atoms with van der Waals surface area (Å²) in [6.45, 7) is 3.14. The van der Waals surface area contributed by atoms with Crippen molar-refractivity contribution in [3.63, 3.8) is 0 Å². The fourth-order valence-electron chi connectivity index (χ4n) is 1.37. The molecule has 1 rings (SSSR count). The minimum Gasteiger partial charge on any atom is -0.550 e. The minimum atomic E-state index is -1.54. The minimum absolute atomic E-state index is 0.310.